The van der Waals surface area contributed by atoms with Crippen molar-refractivity contribution in [2.24, 2.45) is 5.92 Å². The lowest BCUT2D eigenvalue weighted by molar-refractivity contribution is 0.199. The first-order valence-corrected chi connectivity index (χ1v) is 7.63. The molecule has 1 fully saturated rings. The van der Waals surface area contributed by atoms with Crippen LogP contribution in [0.5, 0.6) is 0 Å². The van der Waals surface area contributed by atoms with E-state index in [0.29, 0.717) is 6.04 Å². The first kappa shape index (κ1) is 15.3. The molecule has 0 bridgehead atoms. The number of ether oxygens (including phenoxy) is 1. The summed E-state index contributed by atoms with van der Waals surface area (Å²) in [5.41, 5.74) is 1.22. The summed E-state index contributed by atoms with van der Waals surface area (Å²) >= 11 is 0. The van der Waals surface area contributed by atoms with Gasteiger partial charge in [-0.1, -0.05) is 13.0 Å². The number of pyridine rings is 1. The van der Waals surface area contributed by atoms with Crippen molar-refractivity contribution in [2.45, 2.75) is 39.3 Å². The average Bonchev–Trinajstić information content (AvgIpc) is 2.47. The van der Waals surface area contributed by atoms with Crippen LogP contribution >= 0.6 is 0 Å². The van der Waals surface area contributed by atoms with Crippen LogP contribution in [0.2, 0.25) is 0 Å². The monoisotopic (exact) mass is 277 g/mol. The SMILES string of the molecule is COCCNCc1ccc(N2CCCC(C)C2C)nc1. The van der Waals surface area contributed by atoms with Gasteiger partial charge in [0.15, 0.2) is 0 Å². The Kier molecular flexibility index (Phi) is 5.80. The average molecular weight is 277 g/mol. The van der Waals surface area contributed by atoms with Crippen molar-refractivity contribution in [1.29, 1.82) is 0 Å². The maximum atomic E-state index is 5.02. The van der Waals surface area contributed by atoms with Gasteiger partial charge in [0, 0.05) is 39.0 Å². The quantitative estimate of drug-likeness (QED) is 0.811. The molecule has 0 aromatic carbocycles. The first-order valence-electron chi connectivity index (χ1n) is 7.63. The maximum Gasteiger partial charge on any atom is 0.128 e. The lowest BCUT2D eigenvalue weighted by atomic mass is 9.92. The van der Waals surface area contributed by atoms with Gasteiger partial charge in [-0.15, -0.1) is 0 Å². The molecule has 1 aromatic rings. The van der Waals surface area contributed by atoms with Crippen LogP contribution < -0.4 is 10.2 Å². The molecule has 0 aliphatic carbocycles. The van der Waals surface area contributed by atoms with Crippen LogP contribution in [0, 0.1) is 5.92 Å². The Bertz CT molecular complexity index is 393. The van der Waals surface area contributed by atoms with E-state index in [1.165, 1.54) is 18.4 Å². The van der Waals surface area contributed by atoms with E-state index in [4.69, 9.17) is 4.74 Å². The molecule has 1 aliphatic heterocycles. The van der Waals surface area contributed by atoms with Gasteiger partial charge in [-0.05, 0) is 37.3 Å². The fourth-order valence-corrected chi connectivity index (χ4v) is 2.76. The molecule has 2 atom stereocenters. The van der Waals surface area contributed by atoms with Crippen LogP contribution in [0.1, 0.15) is 32.3 Å². The fourth-order valence-electron chi connectivity index (χ4n) is 2.76. The van der Waals surface area contributed by atoms with Crippen molar-refractivity contribution in [3.63, 3.8) is 0 Å². The minimum atomic E-state index is 0.585. The number of hydrogen-bond acceptors (Lipinski definition) is 4. The van der Waals surface area contributed by atoms with Crippen LogP contribution in [-0.2, 0) is 11.3 Å². The number of rotatable bonds is 6. The summed E-state index contributed by atoms with van der Waals surface area (Å²) in [5.74, 6) is 1.87. The smallest absolute Gasteiger partial charge is 0.128 e. The second-order valence-corrected chi connectivity index (χ2v) is 5.75. The van der Waals surface area contributed by atoms with E-state index >= 15 is 0 Å². The topological polar surface area (TPSA) is 37.4 Å². The van der Waals surface area contributed by atoms with Crippen molar-refractivity contribution in [3.8, 4) is 0 Å². The zero-order valence-corrected chi connectivity index (χ0v) is 12.9. The molecule has 1 saturated heterocycles. The van der Waals surface area contributed by atoms with Gasteiger partial charge >= 0.3 is 0 Å². The Hall–Kier alpha value is -1.13. The number of nitrogens with zero attached hydrogens (tertiary/aromatic N) is 2. The van der Waals surface area contributed by atoms with Crippen LogP contribution in [0.25, 0.3) is 0 Å². The van der Waals surface area contributed by atoms with Gasteiger partial charge in [-0.3, -0.25) is 0 Å². The molecule has 0 radical (unpaired) electrons. The van der Waals surface area contributed by atoms with E-state index in [2.05, 4.69) is 41.2 Å². The van der Waals surface area contributed by atoms with Crippen molar-refractivity contribution in [1.82, 2.24) is 10.3 Å². The van der Waals surface area contributed by atoms with E-state index in [9.17, 15) is 0 Å². The molecule has 4 nitrogen and oxygen atoms in total. The highest BCUT2D eigenvalue weighted by molar-refractivity contribution is 5.41. The first-order chi connectivity index (χ1) is 9.72. The van der Waals surface area contributed by atoms with Crippen molar-refractivity contribution >= 4 is 5.82 Å². The minimum absolute atomic E-state index is 0.585. The van der Waals surface area contributed by atoms with Gasteiger partial charge in [0.25, 0.3) is 0 Å². The van der Waals surface area contributed by atoms with Crippen molar-refractivity contribution < 1.29 is 4.74 Å². The molecule has 2 unspecified atom stereocenters. The highest BCUT2D eigenvalue weighted by atomic mass is 16.5. The number of aromatic nitrogens is 1. The molecule has 2 heterocycles. The molecular formula is C16H27N3O. The summed E-state index contributed by atoms with van der Waals surface area (Å²) in [6, 6.07) is 4.91. The standard InChI is InChI=1S/C16H27N3O/c1-13-5-4-9-19(14(13)2)16-7-6-15(12-18-16)11-17-8-10-20-3/h6-7,12-14,17H,4-5,8-11H2,1-3H3. The molecule has 2 rings (SSSR count). The maximum absolute atomic E-state index is 5.02. The summed E-state index contributed by atoms with van der Waals surface area (Å²) < 4.78 is 5.02. The second kappa shape index (κ2) is 7.60. The fraction of sp³-hybridized carbons (Fsp3) is 0.688. The third-order valence-electron chi connectivity index (χ3n) is 4.29. The molecular weight excluding hydrogens is 250 g/mol. The zero-order valence-electron chi connectivity index (χ0n) is 12.9. The van der Waals surface area contributed by atoms with Gasteiger partial charge in [0.05, 0.1) is 6.61 Å². The van der Waals surface area contributed by atoms with Crippen LogP contribution in [-0.4, -0.2) is 37.8 Å². The summed E-state index contributed by atoms with van der Waals surface area (Å²) in [5, 5.41) is 3.34. The molecule has 0 amide bonds. The van der Waals surface area contributed by atoms with Crippen molar-refractivity contribution in [2.75, 3.05) is 31.7 Å². The third-order valence-corrected chi connectivity index (χ3v) is 4.29. The van der Waals surface area contributed by atoms with Crippen LogP contribution in [0.3, 0.4) is 0 Å². The normalized spacial score (nSPS) is 23.1. The summed E-state index contributed by atoms with van der Waals surface area (Å²) in [6.07, 6.45) is 4.59. The number of anilines is 1. The lowest BCUT2D eigenvalue weighted by Crippen LogP contribution is -2.42. The third kappa shape index (κ3) is 3.93. The lowest BCUT2D eigenvalue weighted by Gasteiger charge is -2.38. The summed E-state index contributed by atoms with van der Waals surface area (Å²) in [7, 11) is 1.72. The summed E-state index contributed by atoms with van der Waals surface area (Å²) in [6.45, 7) is 8.25. The van der Waals surface area contributed by atoms with Gasteiger partial charge in [0.2, 0.25) is 0 Å². The molecule has 1 aliphatic rings. The van der Waals surface area contributed by atoms with E-state index in [-0.39, 0.29) is 0 Å². The molecule has 0 spiro atoms. The number of hydrogen-bond donors (Lipinski definition) is 1. The van der Waals surface area contributed by atoms with Gasteiger partial charge < -0.3 is 15.0 Å². The van der Waals surface area contributed by atoms with E-state index in [1.807, 2.05) is 6.20 Å². The van der Waals surface area contributed by atoms with Gasteiger partial charge in [0.1, 0.15) is 5.82 Å². The van der Waals surface area contributed by atoms with E-state index < -0.39 is 0 Å². The van der Waals surface area contributed by atoms with Gasteiger partial charge in [-0.25, -0.2) is 4.98 Å². The molecule has 1 N–H and O–H groups in total. The zero-order chi connectivity index (χ0) is 14.4. The molecule has 0 saturated carbocycles. The molecule has 4 heteroatoms. The van der Waals surface area contributed by atoms with Crippen molar-refractivity contribution in [3.05, 3.63) is 23.9 Å². The highest BCUT2D eigenvalue weighted by Crippen LogP contribution is 2.26. The van der Waals surface area contributed by atoms with E-state index in [1.54, 1.807) is 7.11 Å². The Labute approximate surface area is 122 Å². The van der Waals surface area contributed by atoms with Gasteiger partial charge in [-0.2, -0.15) is 0 Å². The van der Waals surface area contributed by atoms with Crippen LogP contribution in [0.15, 0.2) is 18.3 Å². The largest absolute Gasteiger partial charge is 0.383 e. The van der Waals surface area contributed by atoms with E-state index in [0.717, 1.165) is 38.0 Å². The number of methoxy groups -OCH3 is 1. The highest BCUT2D eigenvalue weighted by Gasteiger charge is 2.25. The number of nitrogens with one attached hydrogen (secondary N) is 1. The molecule has 112 valence electrons. The predicted octanol–water partition coefficient (Wildman–Crippen LogP) is 2.44. The summed E-state index contributed by atoms with van der Waals surface area (Å²) in [4.78, 5) is 7.08. The van der Waals surface area contributed by atoms with Crippen LogP contribution in [0.4, 0.5) is 5.82 Å². The minimum Gasteiger partial charge on any atom is -0.383 e. The Morgan fingerprint density at radius 1 is 1.40 bits per heavy atom. The Balaban J connectivity index is 1.90. The molecule has 1 aromatic heterocycles. The Morgan fingerprint density at radius 3 is 2.95 bits per heavy atom. The number of piperidine rings is 1. The second-order valence-electron chi connectivity index (χ2n) is 5.75. The Morgan fingerprint density at radius 2 is 2.25 bits per heavy atom. The predicted molar refractivity (Wildman–Crippen MR) is 83.0 cm³/mol. The molecule has 20 heavy (non-hydrogen) atoms.